The number of hydrogen-bond acceptors (Lipinski definition) is 5. The summed E-state index contributed by atoms with van der Waals surface area (Å²) in [5, 5.41) is 13.7. The Hall–Kier alpha value is -3.54. The predicted octanol–water partition coefficient (Wildman–Crippen LogP) is 3.31. The molecule has 1 aromatic heterocycles. The summed E-state index contributed by atoms with van der Waals surface area (Å²) in [4.78, 5) is 12.9. The van der Waals surface area contributed by atoms with Gasteiger partial charge in [0, 0.05) is 18.3 Å². The molecular formula is C18H13F3N4O2. The van der Waals surface area contributed by atoms with Gasteiger partial charge in [0.15, 0.2) is 5.78 Å². The molecule has 27 heavy (non-hydrogen) atoms. The number of nitriles is 1. The molecule has 0 aliphatic heterocycles. The number of nitrogens with zero attached hydrogens (tertiary/aromatic N) is 3. The molecule has 0 saturated carbocycles. The largest absolute Gasteiger partial charge is 0.417 e. The molecule has 3 aromatic rings. The van der Waals surface area contributed by atoms with Crippen LogP contribution in [0.3, 0.4) is 0 Å². The molecule has 9 heteroatoms. The van der Waals surface area contributed by atoms with Crippen molar-refractivity contribution in [2.24, 2.45) is 7.05 Å². The van der Waals surface area contributed by atoms with Gasteiger partial charge in [-0.05, 0) is 30.7 Å². The Bertz CT molecular complexity index is 1120. The summed E-state index contributed by atoms with van der Waals surface area (Å²) in [6.07, 6.45) is 0. The van der Waals surface area contributed by atoms with Crippen molar-refractivity contribution >= 4 is 22.4 Å². The highest BCUT2D eigenvalue weighted by Crippen LogP contribution is 2.35. The fourth-order valence-electron chi connectivity index (χ4n) is 2.88. The van der Waals surface area contributed by atoms with Gasteiger partial charge < -0.3 is 10.5 Å². The lowest BCUT2D eigenvalue weighted by molar-refractivity contribution is -0.0542. The number of carbonyl (C=O) groups is 1. The Morgan fingerprint density at radius 3 is 2.70 bits per heavy atom. The molecule has 2 aromatic carbocycles. The number of fused-ring (bicyclic) bond motifs is 1. The number of aromatic nitrogens is 2. The zero-order valence-electron chi connectivity index (χ0n) is 14.3. The van der Waals surface area contributed by atoms with Gasteiger partial charge >= 0.3 is 6.61 Å². The van der Waals surface area contributed by atoms with E-state index in [0.29, 0.717) is 5.56 Å². The highest BCUT2D eigenvalue weighted by atomic mass is 19.3. The Balaban J connectivity index is 2.29. The normalized spacial score (nSPS) is 11.0. The number of nitrogen functional groups attached to an aromatic ring is 1. The van der Waals surface area contributed by atoms with Crippen LogP contribution in [-0.2, 0) is 7.05 Å². The third kappa shape index (κ3) is 3.06. The Morgan fingerprint density at radius 1 is 1.37 bits per heavy atom. The molecule has 3 rings (SSSR count). The van der Waals surface area contributed by atoms with Gasteiger partial charge in [-0.1, -0.05) is 6.07 Å². The molecule has 0 saturated heterocycles. The molecule has 0 spiro atoms. The highest BCUT2D eigenvalue weighted by molar-refractivity contribution is 6.17. The van der Waals surface area contributed by atoms with Crippen LogP contribution in [0.1, 0.15) is 27.0 Å². The van der Waals surface area contributed by atoms with Gasteiger partial charge in [-0.2, -0.15) is 19.1 Å². The van der Waals surface area contributed by atoms with Crippen molar-refractivity contribution < 1.29 is 22.7 Å². The van der Waals surface area contributed by atoms with Crippen LogP contribution in [0.4, 0.5) is 18.9 Å². The second-order valence-electron chi connectivity index (χ2n) is 5.82. The number of carbonyl (C=O) groups excluding carboxylic acids is 1. The molecule has 1 heterocycles. The molecule has 0 bridgehead atoms. The minimum atomic E-state index is -3.10. The van der Waals surface area contributed by atoms with Crippen LogP contribution in [0.5, 0.6) is 5.88 Å². The minimum Gasteiger partial charge on any atom is -0.417 e. The summed E-state index contributed by atoms with van der Waals surface area (Å²) >= 11 is 0. The van der Waals surface area contributed by atoms with Gasteiger partial charge in [-0.3, -0.25) is 4.79 Å². The maximum Gasteiger partial charge on any atom is 0.388 e. The third-order valence-corrected chi connectivity index (χ3v) is 4.09. The average molecular weight is 374 g/mol. The van der Waals surface area contributed by atoms with E-state index >= 15 is 0 Å². The van der Waals surface area contributed by atoms with E-state index in [1.54, 1.807) is 6.92 Å². The maximum absolute atomic E-state index is 13.6. The van der Waals surface area contributed by atoms with Crippen LogP contribution in [-0.4, -0.2) is 22.2 Å². The number of ketones is 1. The molecule has 0 aliphatic rings. The van der Waals surface area contributed by atoms with Gasteiger partial charge in [0.1, 0.15) is 17.4 Å². The smallest absolute Gasteiger partial charge is 0.388 e. The Kier molecular flexibility index (Phi) is 4.49. The summed E-state index contributed by atoms with van der Waals surface area (Å²) in [5.41, 5.74) is 5.99. The number of ether oxygens (including phenoxy) is 1. The summed E-state index contributed by atoms with van der Waals surface area (Å²) in [6, 6.07) is 6.77. The van der Waals surface area contributed by atoms with Crippen molar-refractivity contribution in [1.82, 2.24) is 9.78 Å². The molecule has 0 fully saturated rings. The lowest BCUT2D eigenvalue weighted by atomic mass is 9.93. The first-order valence-electron chi connectivity index (χ1n) is 7.69. The van der Waals surface area contributed by atoms with Crippen LogP contribution in [0.15, 0.2) is 24.3 Å². The Morgan fingerprint density at radius 2 is 2.07 bits per heavy atom. The van der Waals surface area contributed by atoms with Crippen LogP contribution >= 0.6 is 0 Å². The number of halogens is 3. The lowest BCUT2D eigenvalue weighted by Gasteiger charge is -2.10. The minimum absolute atomic E-state index is 0.0118. The maximum atomic E-state index is 13.6. The van der Waals surface area contributed by atoms with Crippen molar-refractivity contribution in [1.29, 1.82) is 5.26 Å². The number of aryl methyl sites for hydroxylation is 2. The lowest BCUT2D eigenvalue weighted by Crippen LogP contribution is -2.10. The average Bonchev–Trinajstić information content (AvgIpc) is 2.90. The van der Waals surface area contributed by atoms with E-state index in [9.17, 15) is 23.2 Å². The van der Waals surface area contributed by atoms with Crippen LogP contribution in [0, 0.1) is 24.1 Å². The number of anilines is 1. The number of hydrogen-bond donors (Lipinski definition) is 1. The molecule has 0 amide bonds. The van der Waals surface area contributed by atoms with Crippen molar-refractivity contribution in [2.75, 3.05) is 5.73 Å². The molecular weight excluding hydrogens is 361 g/mol. The van der Waals surface area contributed by atoms with Crippen LogP contribution in [0.2, 0.25) is 0 Å². The first-order valence-corrected chi connectivity index (χ1v) is 7.69. The van der Waals surface area contributed by atoms with E-state index in [1.807, 2.05) is 6.07 Å². The van der Waals surface area contributed by atoms with E-state index in [4.69, 9.17) is 5.73 Å². The second-order valence-corrected chi connectivity index (χ2v) is 5.82. The molecule has 0 unspecified atom stereocenters. The van der Waals surface area contributed by atoms with Crippen LogP contribution in [0.25, 0.3) is 10.9 Å². The van der Waals surface area contributed by atoms with Crippen molar-refractivity contribution in [2.45, 2.75) is 13.5 Å². The van der Waals surface area contributed by atoms with E-state index in [1.165, 1.54) is 25.2 Å². The van der Waals surface area contributed by atoms with Crippen LogP contribution < -0.4 is 10.5 Å². The van der Waals surface area contributed by atoms with E-state index in [-0.39, 0.29) is 39.2 Å². The Labute approximate surface area is 151 Å². The standard InChI is InChI=1S/C18H13F3N4O2/c1-8-3-4-9(19)5-10(8)16(26)14-12(7-22)15-11(6-13(14)23)17(25(2)24-15)27-18(20)21/h3-6,18H,23H2,1-2H3. The van der Waals surface area contributed by atoms with E-state index in [0.717, 1.165) is 10.7 Å². The number of rotatable bonds is 4. The second kappa shape index (κ2) is 6.64. The molecule has 6 nitrogen and oxygen atoms in total. The highest BCUT2D eigenvalue weighted by Gasteiger charge is 2.26. The van der Waals surface area contributed by atoms with E-state index < -0.39 is 18.2 Å². The molecule has 2 N–H and O–H groups in total. The van der Waals surface area contributed by atoms with Crippen molar-refractivity contribution in [3.8, 4) is 11.9 Å². The topological polar surface area (TPSA) is 93.9 Å². The fraction of sp³-hybridized carbons (Fsp3) is 0.167. The molecule has 0 atom stereocenters. The molecule has 0 radical (unpaired) electrons. The fourth-order valence-corrected chi connectivity index (χ4v) is 2.88. The summed E-state index contributed by atoms with van der Waals surface area (Å²) in [6.45, 7) is -1.49. The SMILES string of the molecule is Cc1ccc(F)cc1C(=O)c1c(N)cc2c(OC(F)F)n(C)nc2c1C#N. The third-order valence-electron chi connectivity index (χ3n) is 4.09. The number of nitrogens with two attached hydrogens (primary N) is 1. The summed E-state index contributed by atoms with van der Waals surface area (Å²) < 4.78 is 44.4. The molecule has 0 aliphatic carbocycles. The van der Waals surface area contributed by atoms with Gasteiger partial charge in [0.25, 0.3) is 0 Å². The van der Waals surface area contributed by atoms with Gasteiger partial charge in [0.2, 0.25) is 5.88 Å². The monoisotopic (exact) mass is 374 g/mol. The van der Waals surface area contributed by atoms with Gasteiger partial charge in [-0.15, -0.1) is 0 Å². The summed E-state index contributed by atoms with van der Waals surface area (Å²) in [7, 11) is 1.35. The van der Waals surface area contributed by atoms with E-state index in [2.05, 4.69) is 9.84 Å². The predicted molar refractivity (Wildman–Crippen MR) is 91.0 cm³/mol. The molecule has 138 valence electrons. The number of benzene rings is 2. The number of alkyl halides is 2. The quantitative estimate of drug-likeness (QED) is 0.559. The zero-order valence-corrected chi connectivity index (χ0v) is 14.3. The van der Waals surface area contributed by atoms with Gasteiger partial charge in [-0.25, -0.2) is 9.07 Å². The summed E-state index contributed by atoms with van der Waals surface area (Å²) in [5.74, 6) is -1.57. The zero-order chi connectivity index (χ0) is 19.9. The van der Waals surface area contributed by atoms with Crippen molar-refractivity contribution in [3.05, 3.63) is 52.3 Å². The first kappa shape index (κ1) is 18.3. The van der Waals surface area contributed by atoms with Gasteiger partial charge in [0.05, 0.1) is 16.5 Å². The first-order chi connectivity index (χ1) is 12.7. The van der Waals surface area contributed by atoms with Crippen molar-refractivity contribution in [3.63, 3.8) is 0 Å².